The fourth-order valence-electron chi connectivity index (χ4n) is 4.55. The van der Waals surface area contributed by atoms with Crippen LogP contribution >= 0.6 is 11.3 Å². The van der Waals surface area contributed by atoms with Gasteiger partial charge in [-0.05, 0) is 35.6 Å². The van der Waals surface area contributed by atoms with E-state index in [1.54, 1.807) is 34.5 Å². The highest BCUT2D eigenvalue weighted by molar-refractivity contribution is 7.12. The maximum absolute atomic E-state index is 13.5. The van der Waals surface area contributed by atoms with Gasteiger partial charge in [-0.15, -0.1) is 11.3 Å². The summed E-state index contributed by atoms with van der Waals surface area (Å²) in [5.41, 5.74) is 0.640. The van der Waals surface area contributed by atoms with E-state index in [0.717, 1.165) is 19.6 Å². The Morgan fingerprint density at radius 2 is 1.80 bits per heavy atom. The Morgan fingerprint density at radius 1 is 1.11 bits per heavy atom. The Bertz CT molecular complexity index is 1070. The number of benzene rings is 1. The van der Waals surface area contributed by atoms with Crippen LogP contribution < -0.4 is 14.2 Å². The molecule has 1 aromatic heterocycles. The molecule has 0 radical (unpaired) electrons. The van der Waals surface area contributed by atoms with Crippen molar-refractivity contribution in [3.8, 4) is 17.2 Å². The van der Waals surface area contributed by atoms with Gasteiger partial charge in [0.2, 0.25) is 11.5 Å². The van der Waals surface area contributed by atoms with Crippen LogP contribution in [0.4, 0.5) is 0 Å². The zero-order chi connectivity index (χ0) is 24.9. The van der Waals surface area contributed by atoms with Gasteiger partial charge in [-0.1, -0.05) is 6.07 Å². The molecule has 9 nitrogen and oxygen atoms in total. The number of Topliss-reactive ketones (excluding diaryl/α,β-unsaturated/α-hetero) is 1. The molecule has 0 bridgehead atoms. The van der Waals surface area contributed by atoms with Crippen LogP contribution in [0.3, 0.4) is 0 Å². The number of nitrogens with zero attached hydrogens (tertiary/aromatic N) is 2. The third-order valence-corrected chi connectivity index (χ3v) is 7.14. The molecule has 2 aliphatic rings. The monoisotopic (exact) mass is 502 g/mol. The molecule has 2 aromatic rings. The van der Waals surface area contributed by atoms with Crippen LogP contribution in [0.25, 0.3) is 0 Å². The number of methoxy groups -OCH3 is 3. The van der Waals surface area contributed by atoms with Crippen molar-refractivity contribution in [2.45, 2.75) is 12.5 Å². The number of aliphatic hydroxyl groups excluding tert-OH is 1. The van der Waals surface area contributed by atoms with Crippen LogP contribution in [0.1, 0.15) is 27.7 Å². The van der Waals surface area contributed by atoms with Crippen LogP contribution in [-0.2, 0) is 9.53 Å². The van der Waals surface area contributed by atoms with Crippen molar-refractivity contribution >= 4 is 23.0 Å². The van der Waals surface area contributed by atoms with Crippen molar-refractivity contribution in [2.75, 3.05) is 60.7 Å². The zero-order valence-corrected chi connectivity index (χ0v) is 20.9. The van der Waals surface area contributed by atoms with Crippen molar-refractivity contribution in [3.63, 3.8) is 0 Å². The van der Waals surface area contributed by atoms with Gasteiger partial charge in [0.1, 0.15) is 0 Å². The number of aliphatic hydroxyl groups is 1. The molecule has 0 spiro atoms. The number of morpholine rings is 1. The van der Waals surface area contributed by atoms with Crippen LogP contribution in [0, 0.1) is 0 Å². The van der Waals surface area contributed by atoms with Crippen LogP contribution in [0.2, 0.25) is 0 Å². The highest BCUT2D eigenvalue weighted by Gasteiger charge is 2.44. The minimum atomic E-state index is -0.796. The SMILES string of the molecule is COc1cc([C@H]2C(C(=O)c3cccs3)=C(O)C(=O)N2CCCN2CCOCC2)cc(OC)c1OC. The summed E-state index contributed by atoms with van der Waals surface area (Å²) >= 11 is 1.27. The number of carbonyl (C=O) groups is 2. The Labute approximate surface area is 208 Å². The molecule has 1 atom stereocenters. The number of ether oxygens (including phenoxy) is 4. The van der Waals surface area contributed by atoms with E-state index < -0.39 is 17.7 Å². The Morgan fingerprint density at radius 3 is 2.37 bits per heavy atom. The van der Waals surface area contributed by atoms with E-state index in [0.29, 0.717) is 53.9 Å². The third-order valence-electron chi connectivity index (χ3n) is 6.27. The number of hydrogen-bond donors (Lipinski definition) is 1. The number of hydrogen-bond acceptors (Lipinski definition) is 9. The van der Waals surface area contributed by atoms with E-state index in [1.807, 2.05) is 0 Å². The number of amides is 1. The molecule has 1 aromatic carbocycles. The van der Waals surface area contributed by atoms with Crippen molar-refractivity contribution in [3.05, 3.63) is 51.4 Å². The predicted molar refractivity (Wildman–Crippen MR) is 131 cm³/mol. The van der Waals surface area contributed by atoms with Gasteiger partial charge in [0, 0.05) is 26.2 Å². The molecule has 0 unspecified atom stereocenters. The molecule has 1 N–H and O–H groups in total. The van der Waals surface area contributed by atoms with E-state index >= 15 is 0 Å². The average Bonchev–Trinajstić information content (AvgIpc) is 3.51. The van der Waals surface area contributed by atoms with E-state index in [2.05, 4.69) is 4.90 Å². The highest BCUT2D eigenvalue weighted by Crippen LogP contribution is 2.45. The Kier molecular flexibility index (Phi) is 7.94. The molecule has 1 saturated heterocycles. The largest absolute Gasteiger partial charge is 0.503 e. The van der Waals surface area contributed by atoms with Gasteiger partial charge in [0.05, 0.1) is 51.0 Å². The van der Waals surface area contributed by atoms with Crippen molar-refractivity contribution in [1.29, 1.82) is 0 Å². The second-order valence-corrected chi connectivity index (χ2v) is 9.18. The van der Waals surface area contributed by atoms with Crippen molar-refractivity contribution < 1.29 is 33.6 Å². The van der Waals surface area contributed by atoms with Crippen LogP contribution in [-0.4, -0.2) is 87.3 Å². The number of ketones is 1. The van der Waals surface area contributed by atoms with Gasteiger partial charge < -0.3 is 29.0 Å². The summed E-state index contributed by atoms with van der Waals surface area (Å²) in [4.78, 5) is 31.0. The quantitative estimate of drug-likeness (QED) is 0.495. The average molecular weight is 503 g/mol. The number of carbonyl (C=O) groups excluding carboxylic acids is 2. The van der Waals surface area contributed by atoms with Gasteiger partial charge in [0.25, 0.3) is 5.91 Å². The van der Waals surface area contributed by atoms with E-state index in [9.17, 15) is 14.7 Å². The molecule has 2 aliphatic heterocycles. The lowest BCUT2D eigenvalue weighted by Crippen LogP contribution is -2.39. The smallest absolute Gasteiger partial charge is 0.290 e. The lowest BCUT2D eigenvalue weighted by molar-refractivity contribution is -0.129. The lowest BCUT2D eigenvalue weighted by atomic mass is 9.94. The fourth-order valence-corrected chi connectivity index (χ4v) is 5.23. The van der Waals surface area contributed by atoms with Gasteiger partial charge in [0.15, 0.2) is 17.3 Å². The Balaban J connectivity index is 1.71. The zero-order valence-electron chi connectivity index (χ0n) is 20.1. The molecule has 0 aliphatic carbocycles. The summed E-state index contributed by atoms with van der Waals surface area (Å²) in [5.74, 6) is -0.255. The summed E-state index contributed by atoms with van der Waals surface area (Å²) in [5, 5.41) is 12.7. The molecular weight excluding hydrogens is 472 g/mol. The van der Waals surface area contributed by atoms with Gasteiger partial charge in [-0.25, -0.2) is 0 Å². The minimum absolute atomic E-state index is 0.0538. The molecule has 35 heavy (non-hydrogen) atoms. The predicted octanol–water partition coefficient (Wildman–Crippen LogP) is 3.07. The molecule has 0 saturated carbocycles. The second-order valence-electron chi connectivity index (χ2n) is 8.24. The van der Waals surface area contributed by atoms with Crippen molar-refractivity contribution in [1.82, 2.24) is 9.80 Å². The van der Waals surface area contributed by atoms with E-state index in [1.165, 1.54) is 32.7 Å². The normalized spacial score (nSPS) is 18.8. The summed E-state index contributed by atoms with van der Waals surface area (Å²) in [6.45, 7) is 4.22. The lowest BCUT2D eigenvalue weighted by Gasteiger charge is -2.30. The molecule has 1 fully saturated rings. The third kappa shape index (κ3) is 5.00. The summed E-state index contributed by atoms with van der Waals surface area (Å²) in [6, 6.07) is 6.09. The number of thiophene rings is 1. The summed E-state index contributed by atoms with van der Waals surface area (Å²) in [7, 11) is 4.52. The molecule has 1 amide bonds. The molecule has 10 heteroatoms. The molecular formula is C25H30N2O7S. The minimum Gasteiger partial charge on any atom is -0.503 e. The Hall–Kier alpha value is -3.08. The molecule has 4 rings (SSSR count). The first-order chi connectivity index (χ1) is 17.0. The summed E-state index contributed by atoms with van der Waals surface area (Å²) < 4.78 is 21.9. The fraction of sp³-hybridized carbons (Fsp3) is 0.440. The van der Waals surface area contributed by atoms with E-state index in [4.69, 9.17) is 18.9 Å². The van der Waals surface area contributed by atoms with Crippen LogP contribution in [0.15, 0.2) is 41.0 Å². The standard InChI is InChI=1S/C25H30N2O7S/c1-31-17-14-16(15-18(32-2)24(17)33-3)21-20(22(28)19-6-4-13-35-19)23(29)25(30)27(21)8-5-7-26-9-11-34-12-10-26/h4,6,13-15,21,29H,5,7-12H2,1-3H3/t21-/m0/s1. The van der Waals surface area contributed by atoms with E-state index in [-0.39, 0.29) is 11.4 Å². The maximum Gasteiger partial charge on any atom is 0.290 e. The van der Waals surface area contributed by atoms with Gasteiger partial charge in [-0.3, -0.25) is 14.5 Å². The molecule has 188 valence electrons. The first-order valence-corrected chi connectivity index (χ1v) is 12.3. The number of rotatable bonds is 10. The molecule has 3 heterocycles. The maximum atomic E-state index is 13.5. The topological polar surface area (TPSA) is 97.8 Å². The van der Waals surface area contributed by atoms with Crippen LogP contribution in [0.5, 0.6) is 17.2 Å². The first kappa shape index (κ1) is 25.0. The van der Waals surface area contributed by atoms with Gasteiger partial charge in [-0.2, -0.15) is 0 Å². The summed E-state index contributed by atoms with van der Waals surface area (Å²) in [6.07, 6.45) is 0.681. The van der Waals surface area contributed by atoms with Crippen molar-refractivity contribution in [2.24, 2.45) is 0 Å². The second kappa shape index (κ2) is 11.1. The van der Waals surface area contributed by atoms with Gasteiger partial charge >= 0.3 is 0 Å². The highest BCUT2D eigenvalue weighted by atomic mass is 32.1. The first-order valence-electron chi connectivity index (χ1n) is 11.4.